The fourth-order valence-corrected chi connectivity index (χ4v) is 1.06. The van der Waals surface area contributed by atoms with Gasteiger partial charge in [0.1, 0.15) is 6.07 Å². The molecule has 0 radical (unpaired) electrons. The Balaban J connectivity index is 2.89. The minimum absolute atomic E-state index is 0.669. The molecule has 2 aromatic heterocycles. The summed E-state index contributed by atoms with van der Waals surface area (Å²) in [6, 6.07) is 3.91. The molecule has 1 N–H and O–H groups in total. The maximum Gasteiger partial charge on any atom is 0.101 e. The zero-order valence-electron chi connectivity index (χ0n) is 5.70. The van der Waals surface area contributed by atoms with Crippen molar-refractivity contribution in [1.29, 1.82) is 5.26 Å². The highest BCUT2D eigenvalue weighted by molar-refractivity contribution is 5.84. The van der Waals surface area contributed by atoms with Gasteiger partial charge in [-0.05, 0) is 6.07 Å². The van der Waals surface area contributed by atoms with Gasteiger partial charge in [0.05, 0.1) is 17.3 Å². The Hall–Kier alpha value is -1.82. The summed E-state index contributed by atoms with van der Waals surface area (Å²) >= 11 is 0. The SMILES string of the molecule is N#Cc1c[nH]c2cnccc12. The number of aromatic amines is 1. The molecule has 0 aliphatic heterocycles. The van der Waals surface area contributed by atoms with Gasteiger partial charge in [0.2, 0.25) is 0 Å². The van der Waals surface area contributed by atoms with Crippen molar-refractivity contribution in [2.24, 2.45) is 0 Å². The van der Waals surface area contributed by atoms with E-state index in [2.05, 4.69) is 16.0 Å². The lowest BCUT2D eigenvalue weighted by molar-refractivity contribution is 1.34. The summed E-state index contributed by atoms with van der Waals surface area (Å²) < 4.78 is 0. The van der Waals surface area contributed by atoms with Crippen molar-refractivity contribution < 1.29 is 0 Å². The summed E-state index contributed by atoms with van der Waals surface area (Å²) in [5.74, 6) is 0. The first-order valence-electron chi connectivity index (χ1n) is 3.23. The fourth-order valence-electron chi connectivity index (χ4n) is 1.06. The summed E-state index contributed by atoms with van der Waals surface area (Å²) in [4.78, 5) is 6.87. The number of aromatic nitrogens is 2. The van der Waals surface area contributed by atoms with Crippen LogP contribution in [0.5, 0.6) is 0 Å². The van der Waals surface area contributed by atoms with Crippen molar-refractivity contribution in [3.63, 3.8) is 0 Å². The molecule has 11 heavy (non-hydrogen) atoms. The molecule has 2 rings (SSSR count). The molecule has 0 atom stereocenters. The zero-order valence-corrected chi connectivity index (χ0v) is 5.70. The molecular formula is C8H5N3. The molecule has 2 aromatic rings. The monoisotopic (exact) mass is 143 g/mol. The second-order valence-electron chi connectivity index (χ2n) is 2.24. The minimum atomic E-state index is 0.669. The Morgan fingerprint density at radius 2 is 2.45 bits per heavy atom. The number of nitrogens with one attached hydrogen (secondary N) is 1. The van der Waals surface area contributed by atoms with Crippen LogP contribution in [0, 0.1) is 11.3 Å². The third-order valence-corrected chi connectivity index (χ3v) is 1.60. The van der Waals surface area contributed by atoms with Gasteiger partial charge in [-0.15, -0.1) is 0 Å². The van der Waals surface area contributed by atoms with Crippen LogP contribution in [0.25, 0.3) is 10.9 Å². The maximum atomic E-state index is 8.63. The molecule has 0 amide bonds. The van der Waals surface area contributed by atoms with E-state index in [1.807, 2.05) is 6.07 Å². The van der Waals surface area contributed by atoms with E-state index in [-0.39, 0.29) is 0 Å². The third kappa shape index (κ3) is 0.767. The lowest BCUT2D eigenvalue weighted by Gasteiger charge is -1.84. The van der Waals surface area contributed by atoms with Crippen LogP contribution >= 0.6 is 0 Å². The van der Waals surface area contributed by atoms with E-state index in [9.17, 15) is 0 Å². The number of nitriles is 1. The number of rotatable bonds is 0. The van der Waals surface area contributed by atoms with Crippen molar-refractivity contribution in [2.45, 2.75) is 0 Å². The van der Waals surface area contributed by atoms with Gasteiger partial charge in [0, 0.05) is 17.8 Å². The number of H-pyrrole nitrogens is 1. The maximum absolute atomic E-state index is 8.63. The molecule has 3 nitrogen and oxygen atoms in total. The molecule has 0 bridgehead atoms. The van der Waals surface area contributed by atoms with E-state index in [0.717, 1.165) is 10.9 Å². The third-order valence-electron chi connectivity index (χ3n) is 1.60. The summed E-state index contributed by atoms with van der Waals surface area (Å²) in [6.07, 6.45) is 5.07. The van der Waals surface area contributed by atoms with E-state index in [4.69, 9.17) is 5.26 Å². The Morgan fingerprint density at radius 3 is 3.27 bits per heavy atom. The Morgan fingerprint density at radius 1 is 1.55 bits per heavy atom. The molecule has 0 aromatic carbocycles. The lowest BCUT2D eigenvalue weighted by Crippen LogP contribution is -1.71. The first kappa shape index (κ1) is 5.93. The van der Waals surface area contributed by atoms with Crippen LogP contribution in [-0.2, 0) is 0 Å². The van der Waals surface area contributed by atoms with Crippen LogP contribution in [0.3, 0.4) is 0 Å². The molecular weight excluding hydrogens is 138 g/mol. The predicted molar refractivity (Wildman–Crippen MR) is 40.8 cm³/mol. The average Bonchev–Trinajstić information content (AvgIpc) is 2.47. The Bertz CT molecular complexity index is 422. The number of pyridine rings is 1. The summed E-state index contributed by atoms with van der Waals surface area (Å²) in [6.45, 7) is 0. The molecule has 3 heteroatoms. The molecule has 0 spiro atoms. The van der Waals surface area contributed by atoms with Crippen molar-refractivity contribution in [2.75, 3.05) is 0 Å². The molecule has 0 aliphatic rings. The molecule has 0 fully saturated rings. The minimum Gasteiger partial charge on any atom is -0.359 e. The highest BCUT2D eigenvalue weighted by Gasteiger charge is 1.99. The normalized spacial score (nSPS) is 9.73. The van der Waals surface area contributed by atoms with Crippen molar-refractivity contribution in [3.8, 4) is 6.07 Å². The fraction of sp³-hybridized carbons (Fsp3) is 0. The largest absolute Gasteiger partial charge is 0.359 e. The molecule has 0 aliphatic carbocycles. The zero-order chi connectivity index (χ0) is 7.68. The smallest absolute Gasteiger partial charge is 0.101 e. The Kier molecular flexibility index (Phi) is 1.13. The van der Waals surface area contributed by atoms with Gasteiger partial charge in [-0.25, -0.2) is 0 Å². The van der Waals surface area contributed by atoms with Crippen LogP contribution in [-0.4, -0.2) is 9.97 Å². The van der Waals surface area contributed by atoms with Gasteiger partial charge in [-0.2, -0.15) is 5.26 Å². The van der Waals surface area contributed by atoms with Gasteiger partial charge < -0.3 is 4.98 Å². The summed E-state index contributed by atoms with van der Waals surface area (Å²) in [7, 11) is 0. The van der Waals surface area contributed by atoms with Crippen molar-refractivity contribution in [3.05, 3.63) is 30.2 Å². The molecule has 0 saturated carbocycles. The van der Waals surface area contributed by atoms with Crippen molar-refractivity contribution >= 4 is 10.9 Å². The average molecular weight is 143 g/mol. The number of hydrogen-bond acceptors (Lipinski definition) is 2. The summed E-state index contributed by atoms with van der Waals surface area (Å²) in [5.41, 5.74) is 1.58. The van der Waals surface area contributed by atoms with Crippen LogP contribution in [0.15, 0.2) is 24.7 Å². The highest BCUT2D eigenvalue weighted by atomic mass is 14.7. The highest BCUT2D eigenvalue weighted by Crippen LogP contribution is 2.14. The Labute approximate surface area is 63.3 Å². The van der Waals surface area contributed by atoms with E-state index in [1.165, 1.54) is 0 Å². The standard InChI is InChI=1S/C8H5N3/c9-3-6-4-11-8-5-10-2-1-7(6)8/h1-2,4-5,11H. The molecule has 0 unspecified atom stereocenters. The molecule has 52 valence electrons. The van der Waals surface area contributed by atoms with Gasteiger partial charge in [-0.1, -0.05) is 0 Å². The van der Waals surface area contributed by atoms with Crippen LogP contribution in [0.2, 0.25) is 0 Å². The van der Waals surface area contributed by atoms with Crippen LogP contribution in [0.1, 0.15) is 5.56 Å². The molecule has 0 saturated heterocycles. The van der Waals surface area contributed by atoms with E-state index >= 15 is 0 Å². The second-order valence-corrected chi connectivity index (χ2v) is 2.24. The van der Waals surface area contributed by atoms with Crippen molar-refractivity contribution in [1.82, 2.24) is 9.97 Å². The van der Waals surface area contributed by atoms with E-state index in [1.54, 1.807) is 18.6 Å². The quantitative estimate of drug-likeness (QED) is 0.606. The van der Waals surface area contributed by atoms with Crippen LogP contribution in [0.4, 0.5) is 0 Å². The lowest BCUT2D eigenvalue weighted by atomic mass is 10.2. The van der Waals surface area contributed by atoms with E-state index < -0.39 is 0 Å². The summed E-state index contributed by atoms with van der Waals surface area (Å²) in [5, 5.41) is 9.57. The first-order chi connectivity index (χ1) is 5.42. The van der Waals surface area contributed by atoms with Gasteiger partial charge >= 0.3 is 0 Å². The number of nitrogens with zero attached hydrogens (tertiary/aromatic N) is 2. The predicted octanol–water partition coefficient (Wildman–Crippen LogP) is 1.43. The number of hydrogen-bond donors (Lipinski definition) is 1. The molecule has 2 heterocycles. The first-order valence-corrected chi connectivity index (χ1v) is 3.23. The van der Waals surface area contributed by atoms with Gasteiger partial charge in [0.25, 0.3) is 0 Å². The second kappa shape index (κ2) is 2.10. The van der Waals surface area contributed by atoms with E-state index in [0.29, 0.717) is 5.56 Å². The van der Waals surface area contributed by atoms with Crippen LogP contribution < -0.4 is 0 Å². The van der Waals surface area contributed by atoms with Gasteiger partial charge in [0.15, 0.2) is 0 Å². The topological polar surface area (TPSA) is 52.5 Å². The van der Waals surface area contributed by atoms with Gasteiger partial charge in [-0.3, -0.25) is 4.98 Å². The number of fused-ring (bicyclic) bond motifs is 1.